The van der Waals surface area contributed by atoms with Gasteiger partial charge in [-0.15, -0.1) is 0 Å². The van der Waals surface area contributed by atoms with Crippen LogP contribution in [-0.2, 0) is 16.6 Å². The van der Waals surface area contributed by atoms with Gasteiger partial charge in [0.1, 0.15) is 5.82 Å². The van der Waals surface area contributed by atoms with E-state index in [4.69, 9.17) is 0 Å². The minimum absolute atomic E-state index is 0.0277. The van der Waals surface area contributed by atoms with Crippen molar-refractivity contribution in [2.45, 2.75) is 24.3 Å². The lowest BCUT2D eigenvalue weighted by Crippen LogP contribution is -2.28. The van der Waals surface area contributed by atoms with Crippen molar-refractivity contribution >= 4 is 15.9 Å². The smallest absolute Gasteiger partial charge is 0.253 e. The highest BCUT2D eigenvalue weighted by atomic mass is 32.2. The van der Waals surface area contributed by atoms with Crippen molar-refractivity contribution < 1.29 is 17.6 Å². The molecular formula is C18H19FN2O3S. The highest BCUT2D eigenvalue weighted by Crippen LogP contribution is 2.15. The normalized spacial score (nSPS) is 14.7. The van der Waals surface area contributed by atoms with Crippen LogP contribution in [0.4, 0.5) is 4.39 Å². The van der Waals surface area contributed by atoms with Crippen LogP contribution in [-0.4, -0.2) is 32.3 Å². The molecule has 0 unspecified atom stereocenters. The van der Waals surface area contributed by atoms with Gasteiger partial charge in [0.25, 0.3) is 5.91 Å². The molecule has 1 N–H and O–H groups in total. The van der Waals surface area contributed by atoms with Crippen LogP contribution in [0, 0.1) is 5.82 Å². The molecule has 1 aliphatic rings. The fourth-order valence-electron chi connectivity index (χ4n) is 2.81. The van der Waals surface area contributed by atoms with Gasteiger partial charge in [0, 0.05) is 25.2 Å². The fourth-order valence-corrected chi connectivity index (χ4v) is 3.86. The fraction of sp³-hybridized carbons (Fsp3) is 0.278. The number of amides is 1. The maximum Gasteiger partial charge on any atom is 0.253 e. The Kier molecular flexibility index (Phi) is 5.15. The van der Waals surface area contributed by atoms with Crippen molar-refractivity contribution in [2.24, 2.45) is 0 Å². The number of rotatable bonds is 5. The number of hydrogen-bond donors (Lipinski definition) is 1. The number of halogens is 1. The Hall–Kier alpha value is -2.25. The summed E-state index contributed by atoms with van der Waals surface area (Å²) in [5, 5.41) is 0. The third kappa shape index (κ3) is 4.24. The average Bonchev–Trinajstić information content (AvgIpc) is 3.14. The Morgan fingerprint density at radius 2 is 1.80 bits per heavy atom. The predicted molar refractivity (Wildman–Crippen MR) is 92.0 cm³/mol. The van der Waals surface area contributed by atoms with E-state index >= 15 is 0 Å². The van der Waals surface area contributed by atoms with Gasteiger partial charge in [-0.25, -0.2) is 17.5 Å². The highest BCUT2D eigenvalue weighted by molar-refractivity contribution is 7.89. The van der Waals surface area contributed by atoms with Crippen molar-refractivity contribution in [2.75, 3.05) is 13.1 Å². The highest BCUT2D eigenvalue weighted by Gasteiger charge is 2.20. The van der Waals surface area contributed by atoms with E-state index in [9.17, 15) is 17.6 Å². The van der Waals surface area contributed by atoms with Crippen molar-refractivity contribution in [1.82, 2.24) is 9.62 Å². The third-order valence-corrected chi connectivity index (χ3v) is 5.54. The lowest BCUT2D eigenvalue weighted by molar-refractivity contribution is 0.0792. The van der Waals surface area contributed by atoms with Crippen LogP contribution in [0.2, 0.25) is 0 Å². The molecule has 0 aliphatic carbocycles. The molecule has 25 heavy (non-hydrogen) atoms. The van der Waals surface area contributed by atoms with Crippen LogP contribution in [0.1, 0.15) is 28.8 Å². The summed E-state index contributed by atoms with van der Waals surface area (Å²) in [7, 11) is -3.82. The molecule has 1 fully saturated rings. The molecule has 1 heterocycles. The summed E-state index contributed by atoms with van der Waals surface area (Å²) in [6, 6.07) is 11.7. The van der Waals surface area contributed by atoms with Gasteiger partial charge in [-0.2, -0.15) is 0 Å². The van der Waals surface area contributed by atoms with E-state index in [1.54, 1.807) is 29.2 Å². The Morgan fingerprint density at radius 3 is 2.52 bits per heavy atom. The molecular weight excluding hydrogens is 343 g/mol. The lowest BCUT2D eigenvalue weighted by atomic mass is 10.1. The number of carbonyl (C=O) groups is 1. The molecule has 0 bridgehead atoms. The second kappa shape index (κ2) is 7.33. The first-order valence-electron chi connectivity index (χ1n) is 8.09. The van der Waals surface area contributed by atoms with Crippen LogP contribution in [0.3, 0.4) is 0 Å². The van der Waals surface area contributed by atoms with E-state index in [1.165, 1.54) is 18.2 Å². The zero-order chi connectivity index (χ0) is 17.9. The second-order valence-corrected chi connectivity index (χ2v) is 7.75. The van der Waals surface area contributed by atoms with Crippen LogP contribution in [0.25, 0.3) is 0 Å². The SMILES string of the molecule is O=C(c1cccc(CNS(=O)(=O)c2cccc(F)c2)c1)N1CCCC1. The molecule has 2 aromatic rings. The zero-order valence-electron chi connectivity index (χ0n) is 13.6. The summed E-state index contributed by atoms with van der Waals surface area (Å²) in [6.45, 7) is 1.55. The predicted octanol–water partition coefficient (Wildman–Crippen LogP) is 2.54. The van der Waals surface area contributed by atoms with Gasteiger partial charge in [-0.1, -0.05) is 18.2 Å². The van der Waals surface area contributed by atoms with Crippen molar-refractivity contribution in [3.63, 3.8) is 0 Å². The van der Waals surface area contributed by atoms with Crippen molar-refractivity contribution in [1.29, 1.82) is 0 Å². The van der Waals surface area contributed by atoms with E-state index in [0.29, 0.717) is 11.1 Å². The molecule has 0 spiro atoms. The van der Waals surface area contributed by atoms with E-state index < -0.39 is 15.8 Å². The number of sulfonamides is 1. The van der Waals surface area contributed by atoms with E-state index in [-0.39, 0.29) is 17.3 Å². The molecule has 0 saturated carbocycles. The summed E-state index contributed by atoms with van der Waals surface area (Å²) in [5.41, 5.74) is 1.22. The molecule has 1 aliphatic heterocycles. The summed E-state index contributed by atoms with van der Waals surface area (Å²) >= 11 is 0. The molecule has 7 heteroatoms. The van der Waals surface area contributed by atoms with Gasteiger partial charge in [0.05, 0.1) is 4.90 Å². The number of hydrogen-bond acceptors (Lipinski definition) is 3. The zero-order valence-corrected chi connectivity index (χ0v) is 14.4. The standard InChI is InChI=1S/C18H19FN2O3S/c19-16-7-4-8-17(12-16)25(23,24)20-13-14-5-3-6-15(11-14)18(22)21-9-1-2-10-21/h3-8,11-12,20H,1-2,9-10,13H2. The van der Waals surface area contributed by atoms with Crippen LogP contribution in [0.15, 0.2) is 53.4 Å². The molecule has 132 valence electrons. The van der Waals surface area contributed by atoms with Gasteiger partial charge >= 0.3 is 0 Å². The van der Waals surface area contributed by atoms with Gasteiger partial charge in [-0.05, 0) is 48.7 Å². The quantitative estimate of drug-likeness (QED) is 0.889. The summed E-state index contributed by atoms with van der Waals surface area (Å²) in [5.74, 6) is -0.645. The molecule has 0 aromatic heterocycles. The maximum atomic E-state index is 13.2. The van der Waals surface area contributed by atoms with Gasteiger partial charge in [-0.3, -0.25) is 4.79 Å². The lowest BCUT2D eigenvalue weighted by Gasteiger charge is -2.15. The molecule has 1 amide bonds. The van der Waals surface area contributed by atoms with E-state index in [0.717, 1.165) is 32.0 Å². The van der Waals surface area contributed by atoms with Crippen LogP contribution >= 0.6 is 0 Å². The molecule has 0 atom stereocenters. The number of benzene rings is 2. The van der Waals surface area contributed by atoms with Gasteiger partial charge in [0.15, 0.2) is 0 Å². The minimum atomic E-state index is -3.82. The number of nitrogens with one attached hydrogen (secondary N) is 1. The van der Waals surface area contributed by atoms with E-state index in [2.05, 4.69) is 4.72 Å². The Balaban J connectivity index is 1.71. The first-order valence-corrected chi connectivity index (χ1v) is 9.57. The van der Waals surface area contributed by atoms with Crippen molar-refractivity contribution in [3.05, 3.63) is 65.5 Å². The Morgan fingerprint density at radius 1 is 1.08 bits per heavy atom. The Labute approximate surface area is 146 Å². The molecule has 3 rings (SSSR count). The summed E-state index contributed by atoms with van der Waals surface area (Å²) in [6.07, 6.45) is 2.03. The average molecular weight is 362 g/mol. The van der Waals surface area contributed by atoms with Gasteiger partial charge < -0.3 is 4.90 Å². The maximum absolute atomic E-state index is 13.2. The van der Waals surface area contributed by atoms with Gasteiger partial charge in [0.2, 0.25) is 10.0 Å². The van der Waals surface area contributed by atoms with Crippen LogP contribution < -0.4 is 4.72 Å². The molecule has 1 saturated heterocycles. The third-order valence-electron chi connectivity index (χ3n) is 4.14. The molecule has 5 nitrogen and oxygen atoms in total. The topological polar surface area (TPSA) is 66.5 Å². The Bertz CT molecular complexity index is 877. The summed E-state index contributed by atoms with van der Waals surface area (Å²) < 4.78 is 40.1. The minimum Gasteiger partial charge on any atom is -0.339 e. The molecule has 0 radical (unpaired) electrons. The first kappa shape index (κ1) is 17.6. The second-order valence-electron chi connectivity index (χ2n) is 5.98. The first-order chi connectivity index (χ1) is 12.0. The number of nitrogens with zero attached hydrogens (tertiary/aromatic N) is 1. The van der Waals surface area contributed by atoms with E-state index in [1.807, 2.05) is 0 Å². The monoisotopic (exact) mass is 362 g/mol. The number of likely N-dealkylation sites (tertiary alicyclic amines) is 1. The number of carbonyl (C=O) groups excluding carboxylic acids is 1. The van der Waals surface area contributed by atoms with Crippen LogP contribution in [0.5, 0.6) is 0 Å². The molecule has 2 aromatic carbocycles. The largest absolute Gasteiger partial charge is 0.339 e. The van der Waals surface area contributed by atoms with Crippen molar-refractivity contribution in [3.8, 4) is 0 Å². The summed E-state index contributed by atoms with van der Waals surface area (Å²) in [4.78, 5) is 14.1.